The third-order valence-electron chi connectivity index (χ3n) is 8.90. The lowest BCUT2D eigenvalue weighted by atomic mass is 9.89. The van der Waals surface area contributed by atoms with Crippen LogP contribution < -0.4 is 0 Å². The maximum atomic E-state index is 12.3. The van der Waals surface area contributed by atoms with Crippen LogP contribution in [-0.4, -0.2) is 0 Å². The Bertz CT molecular complexity index is 1870. The van der Waals surface area contributed by atoms with E-state index in [9.17, 15) is 9.81 Å². The minimum absolute atomic E-state index is 0.404. The zero-order valence-corrected chi connectivity index (χ0v) is 26.6. The van der Waals surface area contributed by atoms with Crippen molar-refractivity contribution in [1.82, 2.24) is 0 Å². The van der Waals surface area contributed by atoms with E-state index in [-0.39, 0.29) is 0 Å². The predicted octanol–water partition coefficient (Wildman–Crippen LogP) is 10.7. The number of aryl methyl sites for hydroxylation is 6. The summed E-state index contributed by atoms with van der Waals surface area (Å²) in [4.78, 5) is 24.5. The topological polar surface area (TPSA) is 58.9 Å². The Balaban J connectivity index is 1.44. The first-order valence-electron chi connectivity index (χ1n) is 15.3. The van der Waals surface area contributed by atoms with Gasteiger partial charge >= 0.3 is 0 Å². The van der Waals surface area contributed by atoms with Gasteiger partial charge in [-0.2, -0.15) is 0 Å². The molecule has 0 amide bonds. The molecule has 0 aliphatic carbocycles. The maximum Gasteiger partial charge on any atom is 0.115 e. The van der Waals surface area contributed by atoms with E-state index < -0.39 is 0 Å². The smallest absolute Gasteiger partial charge is 0.115 e. The monoisotopic (exact) mass is 580 g/mol. The summed E-state index contributed by atoms with van der Waals surface area (Å²) in [7, 11) is 0. The van der Waals surface area contributed by atoms with E-state index in [0.717, 1.165) is 28.7 Å². The molecule has 5 aromatic carbocycles. The van der Waals surface area contributed by atoms with Gasteiger partial charge < -0.3 is 0 Å². The van der Waals surface area contributed by atoms with Gasteiger partial charge in [0.15, 0.2) is 0 Å². The van der Waals surface area contributed by atoms with E-state index >= 15 is 0 Å². The zero-order valence-electron chi connectivity index (χ0n) is 26.6. The van der Waals surface area contributed by atoms with Crippen LogP contribution in [0.1, 0.15) is 77.9 Å². The molecule has 0 aliphatic rings. The Morgan fingerprint density at radius 2 is 0.727 bits per heavy atom. The van der Waals surface area contributed by atoms with Gasteiger partial charge in [-0.15, -0.1) is 9.81 Å². The Morgan fingerprint density at radius 1 is 0.386 bits per heavy atom. The van der Waals surface area contributed by atoms with Gasteiger partial charge in [0.2, 0.25) is 0 Å². The number of hydrogen-bond donors (Lipinski definition) is 0. The van der Waals surface area contributed by atoms with Gasteiger partial charge in [0.05, 0.1) is 0 Å². The number of nitrogens with zero attached hydrogens (tertiary/aromatic N) is 2. The SMILES string of the molecule is Cc1ccc(Cc2cc(Cc3cccc(Cc4cccc(Cc5ccc(C)cc5C)c4N=O)c3N=O)c(C)cc2C)c(C)c1. The molecule has 0 spiro atoms. The third kappa shape index (κ3) is 6.75. The second kappa shape index (κ2) is 13.3. The van der Waals surface area contributed by atoms with Crippen molar-refractivity contribution in [2.45, 2.75) is 67.2 Å². The van der Waals surface area contributed by atoms with Crippen molar-refractivity contribution in [2.24, 2.45) is 10.4 Å². The summed E-state index contributed by atoms with van der Waals surface area (Å²) in [6, 6.07) is 29.3. The molecule has 4 heteroatoms. The number of benzene rings is 5. The van der Waals surface area contributed by atoms with Crippen molar-refractivity contribution in [1.29, 1.82) is 0 Å². The summed E-state index contributed by atoms with van der Waals surface area (Å²) in [5.74, 6) is 0. The number of rotatable bonds is 10. The van der Waals surface area contributed by atoms with E-state index in [1.807, 2.05) is 36.4 Å². The molecule has 44 heavy (non-hydrogen) atoms. The van der Waals surface area contributed by atoms with Gasteiger partial charge in [-0.1, -0.05) is 96.1 Å². The first-order valence-corrected chi connectivity index (χ1v) is 15.3. The van der Waals surface area contributed by atoms with Gasteiger partial charge in [0.1, 0.15) is 11.4 Å². The van der Waals surface area contributed by atoms with Crippen molar-refractivity contribution in [2.75, 3.05) is 0 Å². The summed E-state index contributed by atoms with van der Waals surface area (Å²) in [6.07, 6.45) is 2.49. The van der Waals surface area contributed by atoms with Crippen LogP contribution in [0.25, 0.3) is 0 Å². The van der Waals surface area contributed by atoms with E-state index in [1.165, 1.54) is 55.6 Å². The van der Waals surface area contributed by atoms with Crippen LogP contribution in [0.5, 0.6) is 0 Å². The van der Waals surface area contributed by atoms with Crippen LogP contribution in [0.2, 0.25) is 0 Å². The molecule has 222 valence electrons. The van der Waals surface area contributed by atoms with Crippen LogP contribution >= 0.6 is 0 Å². The Hall–Kier alpha value is -4.70. The van der Waals surface area contributed by atoms with Gasteiger partial charge in [0, 0.05) is 6.42 Å². The Labute approximate surface area is 261 Å². The van der Waals surface area contributed by atoms with E-state index in [4.69, 9.17) is 0 Å². The molecule has 0 aromatic heterocycles. The first-order chi connectivity index (χ1) is 21.2. The van der Waals surface area contributed by atoms with Gasteiger partial charge in [-0.05, 0) is 138 Å². The predicted molar refractivity (Wildman–Crippen MR) is 183 cm³/mol. The van der Waals surface area contributed by atoms with E-state index in [1.54, 1.807) is 0 Å². The maximum absolute atomic E-state index is 12.3. The lowest BCUT2D eigenvalue weighted by molar-refractivity contribution is 1.06. The van der Waals surface area contributed by atoms with Gasteiger partial charge in [-0.25, -0.2) is 0 Å². The summed E-state index contributed by atoms with van der Waals surface area (Å²) in [6.45, 7) is 12.8. The molecule has 0 atom stereocenters. The molecular formula is C40H40N2O2. The fourth-order valence-electron chi connectivity index (χ4n) is 6.33. The standard InChI is InChI=1S/C40H40N2O2/c1-25-13-15-31(27(3)17-25)20-33-9-7-10-34(39(33)41-43)22-35-11-8-12-36(40(35)42-44)23-38-24-37(29(5)19-30(38)6)21-32-16-14-26(2)18-28(32)4/h7-19,24H,20-23H2,1-6H3. The summed E-state index contributed by atoms with van der Waals surface area (Å²) in [5, 5.41) is 7.00. The average Bonchev–Trinajstić information content (AvgIpc) is 2.98. The highest BCUT2D eigenvalue weighted by Gasteiger charge is 2.17. The lowest BCUT2D eigenvalue weighted by Crippen LogP contribution is -2.01. The minimum Gasteiger partial charge on any atom is -0.145 e. The quantitative estimate of drug-likeness (QED) is 0.154. The van der Waals surface area contributed by atoms with Crippen LogP contribution in [0.15, 0.2) is 95.3 Å². The molecule has 5 aromatic rings. The molecule has 0 N–H and O–H groups in total. The fraction of sp³-hybridized carbons (Fsp3) is 0.250. The fourth-order valence-corrected chi connectivity index (χ4v) is 6.33. The summed E-state index contributed by atoms with van der Waals surface area (Å²) in [5.41, 5.74) is 16.6. The second-order valence-corrected chi connectivity index (χ2v) is 12.3. The van der Waals surface area contributed by atoms with E-state index in [2.05, 4.69) is 100 Å². The minimum atomic E-state index is 0.404. The summed E-state index contributed by atoms with van der Waals surface area (Å²) < 4.78 is 0. The highest BCUT2D eigenvalue weighted by Crippen LogP contribution is 2.34. The molecular weight excluding hydrogens is 540 g/mol. The molecule has 0 radical (unpaired) electrons. The zero-order chi connectivity index (χ0) is 31.4. The lowest BCUT2D eigenvalue weighted by Gasteiger charge is -2.16. The Morgan fingerprint density at radius 3 is 1.11 bits per heavy atom. The summed E-state index contributed by atoms with van der Waals surface area (Å²) >= 11 is 0. The van der Waals surface area contributed by atoms with Gasteiger partial charge in [-0.3, -0.25) is 0 Å². The Kier molecular flexibility index (Phi) is 9.29. The molecule has 0 saturated heterocycles. The normalized spacial score (nSPS) is 11.0. The first kappa shape index (κ1) is 30.7. The third-order valence-corrected chi connectivity index (χ3v) is 8.90. The van der Waals surface area contributed by atoms with Crippen molar-refractivity contribution in [3.63, 3.8) is 0 Å². The molecule has 0 saturated carbocycles. The van der Waals surface area contributed by atoms with E-state index in [0.29, 0.717) is 30.6 Å². The van der Waals surface area contributed by atoms with Crippen molar-refractivity contribution in [3.8, 4) is 0 Å². The molecule has 5 rings (SSSR count). The van der Waals surface area contributed by atoms with Crippen LogP contribution in [0, 0.1) is 51.4 Å². The molecule has 4 nitrogen and oxygen atoms in total. The van der Waals surface area contributed by atoms with Crippen molar-refractivity contribution < 1.29 is 0 Å². The highest BCUT2D eigenvalue weighted by atomic mass is 16.3. The highest BCUT2D eigenvalue weighted by molar-refractivity contribution is 5.61. The number of nitroso groups, excluding NO2 is 2. The van der Waals surface area contributed by atoms with Crippen molar-refractivity contribution in [3.05, 3.63) is 173 Å². The van der Waals surface area contributed by atoms with Crippen LogP contribution in [0.4, 0.5) is 11.4 Å². The number of hydrogen-bond acceptors (Lipinski definition) is 4. The molecule has 0 bridgehead atoms. The second-order valence-electron chi connectivity index (χ2n) is 12.3. The van der Waals surface area contributed by atoms with Crippen LogP contribution in [-0.2, 0) is 25.7 Å². The van der Waals surface area contributed by atoms with Gasteiger partial charge in [0.25, 0.3) is 0 Å². The molecule has 0 aliphatic heterocycles. The largest absolute Gasteiger partial charge is 0.145 e. The molecule has 0 heterocycles. The molecule has 0 unspecified atom stereocenters. The van der Waals surface area contributed by atoms with Crippen molar-refractivity contribution >= 4 is 11.4 Å². The molecule has 0 fully saturated rings. The average molecular weight is 581 g/mol. The van der Waals surface area contributed by atoms with Crippen LogP contribution in [0.3, 0.4) is 0 Å².